The summed E-state index contributed by atoms with van der Waals surface area (Å²) in [5.41, 5.74) is 4.78. The number of methoxy groups -OCH3 is 1. The quantitative estimate of drug-likeness (QED) is 0.239. The number of carbonyl (C=O) groups is 2. The number of aliphatic hydroxyl groups excluding tert-OH is 1. The molecule has 0 bridgehead atoms. The number of hydrogen-bond acceptors (Lipinski definition) is 6. The molecule has 2 saturated carbocycles. The second-order valence-corrected chi connectivity index (χ2v) is 14.4. The predicted octanol–water partition coefficient (Wildman–Crippen LogP) is 7.09. The molecule has 0 unspecified atom stereocenters. The number of ether oxygens (including phenoxy) is 2. The Labute approximate surface area is 289 Å². The number of rotatable bonds is 10. The molecule has 0 saturated heterocycles. The molecule has 1 heterocycles. The molecule has 0 spiro atoms. The lowest BCUT2D eigenvalue weighted by Gasteiger charge is -2.38. The molecule has 0 aromatic heterocycles. The summed E-state index contributed by atoms with van der Waals surface area (Å²) in [5.74, 6) is 1.92. The molecule has 2 aliphatic carbocycles. The highest BCUT2D eigenvalue weighted by molar-refractivity contribution is 6.30. The summed E-state index contributed by atoms with van der Waals surface area (Å²) < 4.78 is 11.8. The smallest absolute Gasteiger partial charge is 0.232 e. The molecule has 3 aromatic carbocycles. The number of aliphatic hydroxyl groups is 1. The zero-order chi connectivity index (χ0) is 33.9. The SMILES string of the molecule is COc1cc2c(cc1OC(C)C)[C@H](c1ccc(Cl)cc1)N(c1ccc(N(C)CC3CCC(C(=O)N[C@@H]4CCC[C@@H]4O)CC3)cc1)C(=O)C2. The molecule has 3 aliphatic rings. The van der Waals surface area contributed by atoms with Crippen LogP contribution in [0.1, 0.15) is 81.5 Å². The van der Waals surface area contributed by atoms with Crippen LogP contribution in [0, 0.1) is 11.8 Å². The Bertz CT molecular complexity index is 1590. The van der Waals surface area contributed by atoms with Gasteiger partial charge in [-0.25, -0.2) is 0 Å². The lowest BCUT2D eigenvalue weighted by Crippen LogP contribution is -2.44. The molecule has 6 rings (SSSR count). The van der Waals surface area contributed by atoms with E-state index < -0.39 is 6.10 Å². The van der Waals surface area contributed by atoms with Crippen molar-refractivity contribution >= 4 is 34.8 Å². The minimum absolute atomic E-state index is 0.00590. The number of carbonyl (C=O) groups excluding carboxylic acids is 2. The number of nitrogens with zero attached hydrogens (tertiary/aromatic N) is 2. The summed E-state index contributed by atoms with van der Waals surface area (Å²) in [6.07, 6.45) is 6.21. The largest absolute Gasteiger partial charge is 0.493 e. The van der Waals surface area contributed by atoms with Crippen molar-refractivity contribution in [3.63, 3.8) is 0 Å². The van der Waals surface area contributed by atoms with Gasteiger partial charge < -0.3 is 29.7 Å². The van der Waals surface area contributed by atoms with E-state index in [-0.39, 0.29) is 42.3 Å². The first-order valence-corrected chi connectivity index (χ1v) is 17.7. The molecule has 0 radical (unpaired) electrons. The number of hydrogen-bond donors (Lipinski definition) is 2. The van der Waals surface area contributed by atoms with E-state index in [1.165, 1.54) is 0 Å². The Morgan fingerprint density at radius 1 is 1.00 bits per heavy atom. The van der Waals surface area contributed by atoms with Gasteiger partial charge in [-0.1, -0.05) is 23.7 Å². The molecule has 8 nitrogen and oxygen atoms in total. The third kappa shape index (κ3) is 7.45. The highest BCUT2D eigenvalue weighted by Gasteiger charge is 2.36. The molecule has 3 aromatic rings. The molecular formula is C39H48ClN3O5. The molecule has 256 valence electrons. The van der Waals surface area contributed by atoms with Gasteiger partial charge in [0.2, 0.25) is 11.8 Å². The number of nitrogens with one attached hydrogen (secondary N) is 1. The first-order chi connectivity index (χ1) is 23.1. The Kier molecular flexibility index (Phi) is 10.5. The predicted molar refractivity (Wildman–Crippen MR) is 190 cm³/mol. The molecular weight excluding hydrogens is 626 g/mol. The van der Waals surface area contributed by atoms with Crippen LogP contribution >= 0.6 is 11.6 Å². The van der Waals surface area contributed by atoms with E-state index in [9.17, 15) is 14.7 Å². The van der Waals surface area contributed by atoms with Gasteiger partial charge in [0.15, 0.2) is 11.5 Å². The van der Waals surface area contributed by atoms with E-state index >= 15 is 0 Å². The molecule has 1 aliphatic heterocycles. The minimum atomic E-state index is -0.404. The summed E-state index contributed by atoms with van der Waals surface area (Å²) in [5, 5.41) is 13.8. The van der Waals surface area contributed by atoms with Crippen molar-refractivity contribution < 1.29 is 24.2 Å². The topological polar surface area (TPSA) is 91.3 Å². The van der Waals surface area contributed by atoms with Gasteiger partial charge in [-0.05, 0) is 130 Å². The van der Waals surface area contributed by atoms with Crippen molar-refractivity contribution in [1.82, 2.24) is 5.32 Å². The van der Waals surface area contributed by atoms with Gasteiger partial charge in [-0.3, -0.25) is 9.59 Å². The lowest BCUT2D eigenvalue weighted by atomic mass is 9.81. The van der Waals surface area contributed by atoms with Crippen molar-refractivity contribution in [2.45, 2.75) is 89.5 Å². The van der Waals surface area contributed by atoms with Gasteiger partial charge in [0.1, 0.15) is 0 Å². The van der Waals surface area contributed by atoms with Crippen molar-refractivity contribution in [2.75, 3.05) is 30.5 Å². The summed E-state index contributed by atoms with van der Waals surface area (Å²) in [7, 11) is 3.73. The van der Waals surface area contributed by atoms with E-state index in [0.717, 1.165) is 79.6 Å². The highest BCUT2D eigenvalue weighted by Crippen LogP contribution is 2.44. The number of amides is 2. The highest BCUT2D eigenvalue weighted by atomic mass is 35.5. The second-order valence-electron chi connectivity index (χ2n) is 14.0. The maximum Gasteiger partial charge on any atom is 0.232 e. The van der Waals surface area contributed by atoms with Crippen LogP contribution in [0.4, 0.5) is 11.4 Å². The number of benzene rings is 3. The van der Waals surface area contributed by atoms with Gasteiger partial charge in [-0.2, -0.15) is 0 Å². The fourth-order valence-electron chi connectivity index (χ4n) is 7.71. The Hall–Kier alpha value is -3.75. The number of fused-ring (bicyclic) bond motifs is 1. The minimum Gasteiger partial charge on any atom is -0.493 e. The van der Waals surface area contributed by atoms with Gasteiger partial charge >= 0.3 is 0 Å². The van der Waals surface area contributed by atoms with Crippen LogP contribution in [0.15, 0.2) is 60.7 Å². The molecule has 2 fully saturated rings. The fraction of sp³-hybridized carbons (Fsp3) is 0.487. The van der Waals surface area contributed by atoms with Crippen LogP contribution in [0.2, 0.25) is 5.02 Å². The van der Waals surface area contributed by atoms with Crippen LogP contribution in [-0.4, -0.2) is 55.9 Å². The molecule has 9 heteroatoms. The third-order valence-corrected chi connectivity index (χ3v) is 10.5. The molecule has 48 heavy (non-hydrogen) atoms. The van der Waals surface area contributed by atoms with E-state index in [0.29, 0.717) is 22.4 Å². The van der Waals surface area contributed by atoms with Crippen molar-refractivity contribution in [3.05, 3.63) is 82.4 Å². The second kappa shape index (κ2) is 14.8. The fourth-order valence-corrected chi connectivity index (χ4v) is 7.83. The van der Waals surface area contributed by atoms with Crippen LogP contribution in [-0.2, 0) is 16.0 Å². The Morgan fingerprint density at radius 3 is 2.33 bits per heavy atom. The van der Waals surface area contributed by atoms with Gasteiger partial charge in [0.05, 0.1) is 37.8 Å². The normalized spacial score (nSPS) is 23.9. The van der Waals surface area contributed by atoms with Crippen molar-refractivity contribution in [2.24, 2.45) is 11.8 Å². The Balaban J connectivity index is 1.17. The maximum atomic E-state index is 13.9. The first-order valence-electron chi connectivity index (χ1n) is 17.4. The van der Waals surface area contributed by atoms with E-state index in [2.05, 4.69) is 29.4 Å². The first kappa shape index (κ1) is 34.1. The zero-order valence-electron chi connectivity index (χ0n) is 28.5. The van der Waals surface area contributed by atoms with E-state index in [4.69, 9.17) is 21.1 Å². The van der Waals surface area contributed by atoms with Gasteiger partial charge in [0.25, 0.3) is 0 Å². The van der Waals surface area contributed by atoms with Gasteiger partial charge in [0, 0.05) is 35.9 Å². The summed E-state index contributed by atoms with van der Waals surface area (Å²) in [6, 6.07) is 19.4. The lowest BCUT2D eigenvalue weighted by molar-refractivity contribution is -0.127. The van der Waals surface area contributed by atoms with E-state index in [1.807, 2.05) is 67.3 Å². The molecule has 2 N–H and O–H groups in total. The third-order valence-electron chi connectivity index (χ3n) is 10.3. The maximum absolute atomic E-state index is 13.9. The van der Waals surface area contributed by atoms with Crippen molar-refractivity contribution in [1.29, 1.82) is 0 Å². The number of halogens is 1. The standard InChI is InChI=1S/C39H48ClN3O5/c1-24(2)48-36-22-32-28(20-35(36)47-4)21-37(45)43(38(32)26-12-14-29(40)15-13-26)31-18-16-30(17-19-31)42(3)23-25-8-10-27(11-9-25)39(46)41-33-6-5-7-34(33)44/h12-20,22,24-25,27,33-34,38,44H,5-11,21,23H2,1-4H3,(H,41,46)/t25?,27?,33-,34+,38+/m1/s1. The molecule has 3 atom stereocenters. The van der Waals surface area contributed by atoms with Gasteiger partial charge in [-0.15, -0.1) is 0 Å². The van der Waals surface area contributed by atoms with Crippen LogP contribution < -0.4 is 24.6 Å². The van der Waals surface area contributed by atoms with Crippen LogP contribution in [0.5, 0.6) is 11.5 Å². The summed E-state index contributed by atoms with van der Waals surface area (Å²) in [6.45, 7) is 4.87. The average Bonchev–Trinajstić information content (AvgIpc) is 3.48. The van der Waals surface area contributed by atoms with Crippen molar-refractivity contribution in [3.8, 4) is 11.5 Å². The average molecular weight is 674 g/mol. The number of anilines is 2. The summed E-state index contributed by atoms with van der Waals surface area (Å²) >= 11 is 6.28. The summed E-state index contributed by atoms with van der Waals surface area (Å²) in [4.78, 5) is 30.9. The van der Waals surface area contributed by atoms with Crippen LogP contribution in [0.3, 0.4) is 0 Å². The zero-order valence-corrected chi connectivity index (χ0v) is 29.2. The monoisotopic (exact) mass is 673 g/mol. The Morgan fingerprint density at radius 2 is 1.71 bits per heavy atom. The van der Waals surface area contributed by atoms with Crippen LogP contribution in [0.25, 0.3) is 0 Å². The van der Waals surface area contributed by atoms with E-state index in [1.54, 1.807) is 7.11 Å². The molecule has 2 amide bonds.